The van der Waals surface area contributed by atoms with Gasteiger partial charge in [0.15, 0.2) is 0 Å². The fourth-order valence-electron chi connectivity index (χ4n) is 3.77. The Morgan fingerprint density at radius 3 is 2.43 bits per heavy atom. The number of benzene rings is 1. The number of halogens is 2. The molecule has 4 N–H and O–H groups in total. The Kier molecular flexibility index (Phi) is 10.7. The fourth-order valence-corrected chi connectivity index (χ4v) is 3.77. The summed E-state index contributed by atoms with van der Waals surface area (Å²) < 4.78 is 5.30. The van der Waals surface area contributed by atoms with Gasteiger partial charge in [0.2, 0.25) is 5.91 Å². The Labute approximate surface area is 180 Å². The Bertz CT molecular complexity index is 577. The van der Waals surface area contributed by atoms with Crippen LogP contribution in [0.25, 0.3) is 0 Å². The van der Waals surface area contributed by atoms with Gasteiger partial charge in [-0.05, 0) is 50.3 Å². The molecule has 1 unspecified atom stereocenters. The number of carbonyl (C=O) groups is 1. The second-order valence-corrected chi connectivity index (χ2v) is 7.65. The zero-order valence-electron chi connectivity index (χ0n) is 16.2. The van der Waals surface area contributed by atoms with E-state index in [1.54, 1.807) is 0 Å². The van der Waals surface area contributed by atoms with Crippen LogP contribution < -0.4 is 11.1 Å². The van der Waals surface area contributed by atoms with Crippen molar-refractivity contribution in [3.63, 3.8) is 0 Å². The van der Waals surface area contributed by atoms with E-state index in [0.29, 0.717) is 45.1 Å². The fraction of sp³-hybridized carbons (Fsp3) is 0.650. The van der Waals surface area contributed by atoms with Crippen LogP contribution in [0, 0.1) is 5.92 Å². The summed E-state index contributed by atoms with van der Waals surface area (Å²) in [6, 6.07) is 9.80. The van der Waals surface area contributed by atoms with E-state index in [9.17, 15) is 9.90 Å². The molecule has 3 rings (SSSR count). The van der Waals surface area contributed by atoms with Crippen molar-refractivity contribution in [3.05, 3.63) is 35.9 Å². The lowest BCUT2D eigenvalue weighted by molar-refractivity contribution is -0.130. The first-order valence-corrected chi connectivity index (χ1v) is 9.67. The van der Waals surface area contributed by atoms with Crippen molar-refractivity contribution in [2.24, 2.45) is 11.7 Å². The molecule has 1 aromatic rings. The van der Waals surface area contributed by atoms with E-state index in [0.717, 1.165) is 31.5 Å². The highest BCUT2D eigenvalue weighted by molar-refractivity contribution is 5.86. The molecule has 2 aliphatic heterocycles. The number of likely N-dealkylation sites (tertiary alicyclic amines) is 1. The van der Waals surface area contributed by atoms with Crippen molar-refractivity contribution < 1.29 is 14.6 Å². The third-order valence-corrected chi connectivity index (χ3v) is 5.71. The maximum atomic E-state index is 12.4. The number of ether oxygens (including phenoxy) is 1. The summed E-state index contributed by atoms with van der Waals surface area (Å²) in [7, 11) is 0. The van der Waals surface area contributed by atoms with Gasteiger partial charge in [-0.3, -0.25) is 4.79 Å². The molecule has 0 radical (unpaired) electrons. The molecular weight excluding hydrogens is 401 g/mol. The Hall–Kier alpha value is -0.890. The predicted octanol–water partition coefficient (Wildman–Crippen LogP) is 1.90. The third kappa shape index (κ3) is 6.87. The first-order valence-electron chi connectivity index (χ1n) is 9.67. The van der Waals surface area contributed by atoms with Gasteiger partial charge in [-0.15, -0.1) is 24.8 Å². The average Bonchev–Trinajstić information content (AvgIpc) is 2.68. The summed E-state index contributed by atoms with van der Waals surface area (Å²) in [6.45, 7) is 4.37. The van der Waals surface area contributed by atoms with E-state index in [2.05, 4.69) is 10.2 Å². The molecule has 0 aromatic heterocycles. The van der Waals surface area contributed by atoms with Gasteiger partial charge in [-0.2, -0.15) is 0 Å². The summed E-state index contributed by atoms with van der Waals surface area (Å²) in [5, 5.41) is 13.4. The van der Waals surface area contributed by atoms with Crippen LogP contribution >= 0.6 is 24.8 Å². The van der Waals surface area contributed by atoms with Crippen LogP contribution in [0.5, 0.6) is 0 Å². The van der Waals surface area contributed by atoms with E-state index in [4.69, 9.17) is 10.5 Å². The van der Waals surface area contributed by atoms with Gasteiger partial charge in [0.1, 0.15) is 0 Å². The van der Waals surface area contributed by atoms with Crippen molar-refractivity contribution in [2.75, 3.05) is 39.4 Å². The standard InChI is InChI=1S/C20H31N3O3.2ClH/c21-20(8-12-26-13-9-20)19(25)22-14-16-6-10-23(11-7-16)15-18(24)17-4-2-1-3-5-17;;/h1-5,16,18,24H,6-15,21H2,(H,22,25);2*1H. The van der Waals surface area contributed by atoms with Crippen molar-refractivity contribution in [2.45, 2.75) is 37.3 Å². The number of rotatable bonds is 6. The molecule has 0 spiro atoms. The first-order chi connectivity index (χ1) is 12.6. The molecule has 1 aromatic carbocycles. The predicted molar refractivity (Wildman–Crippen MR) is 115 cm³/mol. The van der Waals surface area contributed by atoms with E-state index < -0.39 is 11.6 Å². The van der Waals surface area contributed by atoms with Crippen LogP contribution in [0.15, 0.2) is 30.3 Å². The topological polar surface area (TPSA) is 87.8 Å². The molecule has 160 valence electrons. The number of hydrogen-bond donors (Lipinski definition) is 3. The molecule has 1 atom stereocenters. The quantitative estimate of drug-likeness (QED) is 0.637. The van der Waals surface area contributed by atoms with Crippen molar-refractivity contribution >= 4 is 30.7 Å². The maximum absolute atomic E-state index is 12.4. The number of hydrogen-bond acceptors (Lipinski definition) is 5. The molecule has 0 saturated carbocycles. The van der Waals surface area contributed by atoms with Gasteiger partial charge in [0.05, 0.1) is 11.6 Å². The minimum absolute atomic E-state index is 0. The van der Waals surface area contributed by atoms with E-state index in [1.165, 1.54) is 0 Å². The van der Waals surface area contributed by atoms with Gasteiger partial charge < -0.3 is 25.8 Å². The molecule has 0 bridgehead atoms. The lowest BCUT2D eigenvalue weighted by atomic mass is 9.89. The van der Waals surface area contributed by atoms with E-state index in [-0.39, 0.29) is 30.7 Å². The van der Waals surface area contributed by atoms with E-state index >= 15 is 0 Å². The second-order valence-electron chi connectivity index (χ2n) is 7.65. The van der Waals surface area contributed by atoms with Crippen LogP contribution in [0.1, 0.15) is 37.4 Å². The normalized spacial score (nSPS) is 21.1. The highest BCUT2D eigenvalue weighted by Gasteiger charge is 2.36. The van der Waals surface area contributed by atoms with Crippen LogP contribution in [-0.4, -0.2) is 60.8 Å². The van der Waals surface area contributed by atoms with Crippen LogP contribution in [-0.2, 0) is 9.53 Å². The molecule has 2 aliphatic rings. The Morgan fingerprint density at radius 2 is 1.82 bits per heavy atom. The molecule has 0 aliphatic carbocycles. The monoisotopic (exact) mass is 433 g/mol. The minimum Gasteiger partial charge on any atom is -0.387 e. The number of nitrogens with zero attached hydrogens (tertiary/aromatic N) is 1. The summed E-state index contributed by atoms with van der Waals surface area (Å²) >= 11 is 0. The average molecular weight is 434 g/mol. The highest BCUT2D eigenvalue weighted by Crippen LogP contribution is 2.21. The Morgan fingerprint density at radius 1 is 1.21 bits per heavy atom. The van der Waals surface area contributed by atoms with Gasteiger partial charge in [0, 0.05) is 26.3 Å². The number of nitrogens with two attached hydrogens (primary N) is 1. The molecule has 2 fully saturated rings. The molecule has 2 saturated heterocycles. The zero-order valence-corrected chi connectivity index (χ0v) is 17.9. The number of piperidine rings is 1. The molecular formula is C20H33Cl2N3O3. The maximum Gasteiger partial charge on any atom is 0.240 e. The lowest BCUT2D eigenvalue weighted by Gasteiger charge is -2.35. The molecule has 2 heterocycles. The SMILES string of the molecule is Cl.Cl.NC1(C(=O)NCC2CCN(CC(O)c3ccccc3)CC2)CCOCC1. The highest BCUT2D eigenvalue weighted by atomic mass is 35.5. The van der Waals surface area contributed by atoms with Crippen LogP contribution in [0.2, 0.25) is 0 Å². The number of nitrogens with one attached hydrogen (secondary N) is 1. The number of aliphatic hydroxyl groups is 1. The minimum atomic E-state index is -0.765. The number of amides is 1. The number of β-amino-alcohol motifs (C(OH)–C–C–N with tert-alkyl or cyclic N) is 1. The number of aliphatic hydroxyl groups excluding tert-OH is 1. The van der Waals surface area contributed by atoms with Crippen LogP contribution in [0.4, 0.5) is 0 Å². The largest absolute Gasteiger partial charge is 0.387 e. The molecule has 1 amide bonds. The van der Waals surface area contributed by atoms with Gasteiger partial charge in [-0.25, -0.2) is 0 Å². The van der Waals surface area contributed by atoms with Crippen molar-refractivity contribution in [1.29, 1.82) is 0 Å². The summed E-state index contributed by atoms with van der Waals surface area (Å²) in [6.07, 6.45) is 2.80. The van der Waals surface area contributed by atoms with Crippen molar-refractivity contribution in [1.82, 2.24) is 10.2 Å². The van der Waals surface area contributed by atoms with E-state index in [1.807, 2.05) is 30.3 Å². The summed E-state index contributed by atoms with van der Waals surface area (Å²) in [4.78, 5) is 14.7. The molecule has 6 nitrogen and oxygen atoms in total. The van der Waals surface area contributed by atoms with Crippen LogP contribution in [0.3, 0.4) is 0 Å². The Balaban J connectivity index is 0.00000196. The zero-order chi connectivity index (χ0) is 18.4. The summed E-state index contributed by atoms with van der Waals surface area (Å²) in [5.41, 5.74) is 6.42. The van der Waals surface area contributed by atoms with Gasteiger partial charge >= 0.3 is 0 Å². The summed E-state index contributed by atoms with van der Waals surface area (Å²) in [5.74, 6) is 0.440. The molecule has 28 heavy (non-hydrogen) atoms. The smallest absolute Gasteiger partial charge is 0.240 e. The molecule has 8 heteroatoms. The lowest BCUT2D eigenvalue weighted by Crippen LogP contribution is -2.57. The van der Waals surface area contributed by atoms with Crippen molar-refractivity contribution in [3.8, 4) is 0 Å². The third-order valence-electron chi connectivity index (χ3n) is 5.71. The second kappa shape index (κ2) is 12.0. The number of carbonyl (C=O) groups excluding carboxylic acids is 1. The van der Waals surface area contributed by atoms with Gasteiger partial charge in [-0.1, -0.05) is 30.3 Å². The van der Waals surface area contributed by atoms with Gasteiger partial charge in [0.25, 0.3) is 0 Å². The first kappa shape index (κ1) is 25.1.